The molecular weight excluding hydrogens is 200 g/mol. The van der Waals surface area contributed by atoms with Gasteiger partial charge in [0, 0.05) is 8.54 Å². The van der Waals surface area contributed by atoms with Crippen molar-refractivity contribution in [2.24, 2.45) is 0 Å². The van der Waals surface area contributed by atoms with Gasteiger partial charge in [-0.1, -0.05) is 25.1 Å². The Morgan fingerprint density at radius 2 is 2.38 bits per heavy atom. The Kier molecular flexibility index (Phi) is 3.57. The lowest BCUT2D eigenvalue weighted by atomic mass is 10.1. The van der Waals surface area contributed by atoms with Crippen LogP contribution in [0.3, 0.4) is 0 Å². The first-order valence-electron chi connectivity index (χ1n) is 5.93. The molecule has 2 N–H and O–H groups in total. The number of amides is 1. The molecule has 0 aromatic heterocycles. The van der Waals surface area contributed by atoms with Gasteiger partial charge in [-0.15, -0.1) is 0 Å². The van der Waals surface area contributed by atoms with Crippen LogP contribution < -0.4 is 10.6 Å². The van der Waals surface area contributed by atoms with E-state index in [9.17, 15) is 4.79 Å². The van der Waals surface area contributed by atoms with Crippen LogP contribution in [-0.4, -0.2) is 18.5 Å². The van der Waals surface area contributed by atoms with E-state index in [0.717, 1.165) is 31.5 Å². The molecule has 0 aliphatic carbocycles. The van der Waals surface area contributed by atoms with Gasteiger partial charge in [0.15, 0.2) is 0 Å². The fourth-order valence-electron chi connectivity index (χ4n) is 2.08. The Balaban J connectivity index is 0.00000144. The molecule has 1 aliphatic heterocycles. The first-order valence-corrected chi connectivity index (χ1v) is 5.93. The first kappa shape index (κ1) is 11.1. The third kappa shape index (κ3) is 2.42. The molecule has 1 amide bonds. The van der Waals surface area contributed by atoms with Crippen LogP contribution in [-0.2, 0) is 11.2 Å². The lowest BCUT2D eigenvalue weighted by Gasteiger charge is -2.13. The van der Waals surface area contributed by atoms with Crippen molar-refractivity contribution in [3.8, 4) is 0 Å². The summed E-state index contributed by atoms with van der Waals surface area (Å²) >= 11 is 0. The molecule has 3 heteroatoms. The summed E-state index contributed by atoms with van der Waals surface area (Å²) < 4.78 is 0. The zero-order valence-electron chi connectivity index (χ0n) is 9.62. The molecule has 1 atom stereocenters. The number of aryl methyl sites for hydroxylation is 1. The summed E-state index contributed by atoms with van der Waals surface area (Å²) in [4.78, 5) is 11.9. The molecule has 90 valence electrons. The molecule has 3 nitrogen and oxygen atoms in total. The molecular formula is C13H22N2O. The minimum absolute atomic E-state index is 0. The molecule has 0 spiro atoms. The Bertz CT molecular complexity index is 379. The zero-order valence-corrected chi connectivity index (χ0v) is 9.62. The molecule has 2 rings (SSSR count). The summed E-state index contributed by atoms with van der Waals surface area (Å²) in [6.07, 6.45) is 2.97. The first-order chi connectivity index (χ1) is 7.81. The highest BCUT2D eigenvalue weighted by Gasteiger charge is 2.22. The highest BCUT2D eigenvalue weighted by Crippen LogP contribution is 2.16. The minimum atomic E-state index is -0.00934. The van der Waals surface area contributed by atoms with E-state index in [2.05, 4.69) is 23.6 Å². The molecule has 1 aromatic carbocycles. The maximum Gasteiger partial charge on any atom is 0.241 e. The fraction of sp³-hybridized carbons (Fsp3) is 0.462. The quantitative estimate of drug-likeness (QED) is 0.824. The summed E-state index contributed by atoms with van der Waals surface area (Å²) in [7, 11) is 0. The number of hydrogen-bond acceptors (Lipinski definition) is 2. The van der Waals surface area contributed by atoms with Crippen molar-refractivity contribution in [3.63, 3.8) is 0 Å². The molecule has 16 heavy (non-hydrogen) atoms. The molecule has 1 aliphatic rings. The smallest absolute Gasteiger partial charge is 0.241 e. The summed E-state index contributed by atoms with van der Waals surface area (Å²) in [6, 6.07) is 7.97. The van der Waals surface area contributed by atoms with Gasteiger partial charge in [-0.05, 0) is 37.4 Å². The predicted molar refractivity (Wildman–Crippen MR) is 69.7 cm³/mol. The van der Waals surface area contributed by atoms with E-state index in [-0.39, 0.29) is 14.8 Å². The minimum Gasteiger partial charge on any atom is -0.324 e. The number of rotatable bonds is 3. The molecule has 0 saturated carbocycles. The maximum absolute atomic E-state index is 11.9. The van der Waals surface area contributed by atoms with E-state index in [1.165, 1.54) is 5.56 Å². The maximum atomic E-state index is 11.9. The molecule has 1 heterocycles. The van der Waals surface area contributed by atoms with E-state index in [1.807, 2.05) is 18.2 Å². The highest BCUT2D eigenvalue weighted by atomic mass is 16.2. The third-order valence-electron chi connectivity index (χ3n) is 3.03. The second-order valence-electron chi connectivity index (χ2n) is 4.15. The van der Waals surface area contributed by atoms with Gasteiger partial charge in [-0.3, -0.25) is 4.79 Å². The van der Waals surface area contributed by atoms with Gasteiger partial charge in [0.2, 0.25) is 5.91 Å². The van der Waals surface area contributed by atoms with E-state index in [1.54, 1.807) is 0 Å². The third-order valence-corrected chi connectivity index (χ3v) is 3.03. The molecule has 1 saturated heterocycles. The van der Waals surface area contributed by atoms with Crippen molar-refractivity contribution >= 4 is 11.6 Å². The Hall–Kier alpha value is -1.35. The van der Waals surface area contributed by atoms with Crippen molar-refractivity contribution in [1.29, 1.82) is 0 Å². The van der Waals surface area contributed by atoms with Gasteiger partial charge in [-0.2, -0.15) is 0 Å². The molecule has 0 bridgehead atoms. The van der Waals surface area contributed by atoms with Crippen LogP contribution in [0.4, 0.5) is 5.69 Å². The van der Waals surface area contributed by atoms with Crippen molar-refractivity contribution in [1.82, 2.24) is 5.32 Å². The number of nitrogens with one attached hydrogen (secondary N) is 2. The number of hydrogen-bond donors (Lipinski definition) is 2. The number of carbonyl (C=O) groups is 1. The summed E-state index contributed by atoms with van der Waals surface area (Å²) in [5, 5.41) is 6.20. The van der Waals surface area contributed by atoms with Crippen molar-refractivity contribution in [2.45, 2.75) is 32.2 Å². The van der Waals surface area contributed by atoms with Crippen LogP contribution >= 0.6 is 0 Å². The van der Waals surface area contributed by atoms with Gasteiger partial charge in [0.25, 0.3) is 0 Å². The number of anilines is 1. The van der Waals surface area contributed by atoms with E-state index in [0.29, 0.717) is 0 Å². The van der Waals surface area contributed by atoms with E-state index >= 15 is 0 Å². The molecule has 1 unspecified atom stereocenters. The van der Waals surface area contributed by atoms with Crippen LogP contribution in [0.15, 0.2) is 24.3 Å². The van der Waals surface area contributed by atoms with Crippen LogP contribution in [0.5, 0.6) is 0 Å². The lowest BCUT2D eigenvalue weighted by molar-refractivity contribution is -0.117. The second kappa shape index (κ2) is 5.12. The number of carbonyl (C=O) groups excluding carboxylic acids is 1. The predicted octanol–water partition coefficient (Wildman–Crippen LogP) is 2.43. The van der Waals surface area contributed by atoms with Gasteiger partial charge >= 0.3 is 0 Å². The average Bonchev–Trinajstić information content (AvgIpc) is 2.83. The van der Waals surface area contributed by atoms with Gasteiger partial charge in [0.05, 0.1) is 6.04 Å². The molecule has 0 radical (unpaired) electrons. The Morgan fingerprint density at radius 3 is 3.06 bits per heavy atom. The van der Waals surface area contributed by atoms with Crippen molar-refractivity contribution < 1.29 is 7.65 Å². The van der Waals surface area contributed by atoms with Crippen LogP contribution in [0.25, 0.3) is 0 Å². The summed E-state index contributed by atoms with van der Waals surface area (Å²) in [6.45, 7) is 3.05. The average molecular weight is 222 g/mol. The number of para-hydroxylation sites is 1. The zero-order chi connectivity index (χ0) is 11.4. The summed E-state index contributed by atoms with van der Waals surface area (Å²) in [5.74, 6) is 0.0957. The topological polar surface area (TPSA) is 41.1 Å². The van der Waals surface area contributed by atoms with Gasteiger partial charge in [0.1, 0.15) is 0 Å². The Morgan fingerprint density at radius 1 is 1.56 bits per heavy atom. The van der Waals surface area contributed by atoms with Crippen LogP contribution in [0, 0.1) is 0 Å². The lowest BCUT2D eigenvalue weighted by Crippen LogP contribution is -2.35. The number of benzene rings is 1. The largest absolute Gasteiger partial charge is 0.324 e. The standard InChI is InChI=1S/C13H18N2O.2H2/c1-2-10-6-3-4-7-11(10)15-13(16)12-8-5-9-14-12;;/h3-4,6-7,12,14H,2,5,8-9H2,1H3,(H,15,16);2*1H. The highest BCUT2D eigenvalue weighted by molar-refractivity contribution is 5.95. The monoisotopic (exact) mass is 222 g/mol. The van der Waals surface area contributed by atoms with Gasteiger partial charge in [-0.25, -0.2) is 0 Å². The normalized spacial score (nSPS) is 19.7. The SMILES string of the molecule is CCc1ccccc1NC(=O)C1CCCN1.[HH].[HH]. The Labute approximate surface area is 99.2 Å². The molecule has 1 aromatic rings. The summed E-state index contributed by atoms with van der Waals surface area (Å²) in [5.41, 5.74) is 2.14. The molecule has 1 fully saturated rings. The fourth-order valence-corrected chi connectivity index (χ4v) is 2.08. The van der Waals surface area contributed by atoms with Crippen molar-refractivity contribution in [3.05, 3.63) is 29.8 Å². The van der Waals surface area contributed by atoms with Gasteiger partial charge < -0.3 is 10.6 Å². The second-order valence-corrected chi connectivity index (χ2v) is 4.15. The van der Waals surface area contributed by atoms with E-state index < -0.39 is 0 Å². The van der Waals surface area contributed by atoms with Crippen molar-refractivity contribution in [2.75, 3.05) is 11.9 Å². The van der Waals surface area contributed by atoms with Crippen LogP contribution in [0.1, 0.15) is 28.2 Å². The van der Waals surface area contributed by atoms with E-state index in [4.69, 9.17) is 0 Å². The van der Waals surface area contributed by atoms with Crippen LogP contribution in [0.2, 0.25) is 0 Å².